The lowest BCUT2D eigenvalue weighted by Gasteiger charge is -2.34. The molecule has 3 heterocycles. The summed E-state index contributed by atoms with van der Waals surface area (Å²) in [7, 11) is 0. The lowest BCUT2D eigenvalue weighted by Crippen LogP contribution is -2.62. The summed E-state index contributed by atoms with van der Waals surface area (Å²) in [6.07, 6.45) is 3.70. The van der Waals surface area contributed by atoms with Crippen molar-refractivity contribution in [1.29, 1.82) is 0 Å². The van der Waals surface area contributed by atoms with E-state index >= 15 is 0 Å². The molecule has 3 aliphatic heterocycles. The van der Waals surface area contributed by atoms with Gasteiger partial charge in [0, 0.05) is 13.0 Å². The molecule has 3 fully saturated rings. The highest BCUT2D eigenvalue weighted by molar-refractivity contribution is 5.99. The number of nitrogens with one attached hydrogen (secondary N) is 3. The number of ketones is 1. The van der Waals surface area contributed by atoms with Crippen LogP contribution in [0.25, 0.3) is 0 Å². The molecule has 37 heavy (non-hydrogen) atoms. The monoisotopic (exact) mass is 512 g/mol. The number of amides is 4. The second-order valence-electron chi connectivity index (χ2n) is 10.6. The summed E-state index contributed by atoms with van der Waals surface area (Å²) in [6, 6.07) is 6.36. The van der Waals surface area contributed by atoms with Crippen molar-refractivity contribution in [1.82, 2.24) is 20.9 Å². The summed E-state index contributed by atoms with van der Waals surface area (Å²) in [5, 5.41) is 8.43. The third-order valence-corrected chi connectivity index (χ3v) is 7.24. The highest BCUT2D eigenvalue weighted by atomic mass is 16.6. The van der Waals surface area contributed by atoms with Crippen molar-refractivity contribution in [3.8, 4) is 0 Å². The van der Waals surface area contributed by atoms with E-state index in [1.807, 2.05) is 6.07 Å². The predicted molar refractivity (Wildman–Crippen MR) is 134 cm³/mol. The van der Waals surface area contributed by atoms with Gasteiger partial charge in [-0.1, -0.05) is 43.2 Å². The summed E-state index contributed by atoms with van der Waals surface area (Å²) in [6.45, 7) is 4.04. The van der Waals surface area contributed by atoms with Gasteiger partial charge in [0.15, 0.2) is 5.78 Å². The largest absolute Gasteiger partial charge is 0.365 e. The Morgan fingerprint density at radius 1 is 1.03 bits per heavy atom. The van der Waals surface area contributed by atoms with E-state index in [1.54, 1.807) is 38.1 Å². The van der Waals surface area contributed by atoms with Gasteiger partial charge in [-0.05, 0) is 45.1 Å². The van der Waals surface area contributed by atoms with E-state index in [0.29, 0.717) is 57.2 Å². The number of carbonyl (C=O) groups excluding carboxylic acids is 5. The minimum Gasteiger partial charge on any atom is -0.365 e. The van der Waals surface area contributed by atoms with Crippen molar-refractivity contribution < 1.29 is 28.7 Å². The molecule has 0 radical (unpaired) electrons. The van der Waals surface area contributed by atoms with Crippen LogP contribution in [0.4, 0.5) is 0 Å². The zero-order valence-electron chi connectivity index (χ0n) is 21.5. The van der Waals surface area contributed by atoms with Crippen LogP contribution in [0.5, 0.6) is 0 Å². The van der Waals surface area contributed by atoms with Gasteiger partial charge >= 0.3 is 0 Å². The molecule has 1 aromatic rings. The molecule has 10 nitrogen and oxygen atoms in total. The van der Waals surface area contributed by atoms with Gasteiger partial charge in [0.2, 0.25) is 23.6 Å². The van der Waals surface area contributed by atoms with Gasteiger partial charge in [-0.25, -0.2) is 0 Å². The first kappa shape index (κ1) is 26.8. The van der Waals surface area contributed by atoms with Crippen molar-refractivity contribution >= 4 is 29.4 Å². The Balaban J connectivity index is 1.50. The van der Waals surface area contributed by atoms with Gasteiger partial charge < -0.3 is 25.6 Å². The number of unbranched alkanes of at least 4 members (excludes halogenated alkanes) is 2. The van der Waals surface area contributed by atoms with E-state index in [1.165, 1.54) is 4.90 Å². The Bertz CT molecular complexity index is 1040. The Labute approximate surface area is 216 Å². The zero-order chi connectivity index (χ0) is 26.6. The SMILES string of the molecule is CC1(C)NC(=O)C(CCCCCC(=O)C2CO2)NC(=O)C2CCCN2C(=O)C(c2ccccc2)NC1=O. The lowest BCUT2D eigenvalue weighted by molar-refractivity contribution is -0.144. The highest BCUT2D eigenvalue weighted by Crippen LogP contribution is 2.25. The van der Waals surface area contributed by atoms with Crippen molar-refractivity contribution in [2.24, 2.45) is 0 Å². The Morgan fingerprint density at radius 3 is 2.46 bits per heavy atom. The van der Waals surface area contributed by atoms with Crippen LogP contribution < -0.4 is 16.0 Å². The molecule has 0 bridgehead atoms. The van der Waals surface area contributed by atoms with Gasteiger partial charge in [0.1, 0.15) is 29.8 Å². The number of nitrogens with zero attached hydrogens (tertiary/aromatic N) is 1. The molecule has 3 N–H and O–H groups in total. The Morgan fingerprint density at radius 2 is 1.76 bits per heavy atom. The lowest BCUT2D eigenvalue weighted by atomic mass is 9.98. The van der Waals surface area contributed by atoms with Crippen molar-refractivity contribution in [2.45, 2.75) is 88.6 Å². The normalized spacial score (nSPS) is 27.8. The van der Waals surface area contributed by atoms with Crippen LogP contribution in [0, 0.1) is 0 Å². The van der Waals surface area contributed by atoms with Crippen LogP contribution in [0.3, 0.4) is 0 Å². The number of Topliss-reactive ketones (excluding diaryl/α,β-unsaturated/α-hetero) is 1. The maximum absolute atomic E-state index is 13.7. The predicted octanol–water partition coefficient (Wildman–Crippen LogP) is 1.15. The third-order valence-electron chi connectivity index (χ3n) is 7.24. The number of carbonyl (C=O) groups is 5. The zero-order valence-corrected chi connectivity index (χ0v) is 21.5. The first-order valence-electron chi connectivity index (χ1n) is 13.1. The maximum atomic E-state index is 13.7. The minimum absolute atomic E-state index is 0.101. The third kappa shape index (κ3) is 6.54. The Hall–Kier alpha value is -3.27. The number of fused-ring (bicyclic) bond motifs is 1. The van der Waals surface area contributed by atoms with Gasteiger partial charge in [-0.2, -0.15) is 0 Å². The number of hydrogen-bond donors (Lipinski definition) is 3. The van der Waals surface area contributed by atoms with E-state index in [4.69, 9.17) is 4.74 Å². The van der Waals surface area contributed by atoms with Crippen molar-refractivity contribution in [3.63, 3.8) is 0 Å². The van der Waals surface area contributed by atoms with Crippen LogP contribution in [-0.4, -0.2) is 71.2 Å². The van der Waals surface area contributed by atoms with Crippen LogP contribution in [-0.2, 0) is 28.7 Å². The summed E-state index contributed by atoms with van der Waals surface area (Å²) in [5.41, 5.74) is -0.719. The molecule has 0 aliphatic carbocycles. The topological polar surface area (TPSA) is 137 Å². The second kappa shape index (κ2) is 11.4. The molecule has 0 aromatic heterocycles. The average molecular weight is 513 g/mol. The standard InChI is InChI=1S/C27H36N4O6/c1-27(2)26(36)29-22(17-10-5-3-6-11-17)25(35)31-15-9-13-19(31)24(34)28-18(23(33)30-27)12-7-4-8-14-20(32)21-16-37-21/h3,5-6,10-11,18-19,21-22H,4,7-9,12-16H2,1-2H3,(H,28,34)(H,29,36)(H,30,33). The highest BCUT2D eigenvalue weighted by Gasteiger charge is 2.42. The molecule has 1 aromatic carbocycles. The van der Waals surface area contributed by atoms with E-state index < -0.39 is 35.5 Å². The number of ether oxygens (including phenoxy) is 1. The van der Waals surface area contributed by atoms with E-state index in [9.17, 15) is 24.0 Å². The number of rotatable bonds is 8. The molecule has 4 atom stereocenters. The fraction of sp³-hybridized carbons (Fsp3) is 0.593. The van der Waals surface area contributed by atoms with Gasteiger partial charge in [0.05, 0.1) is 6.61 Å². The van der Waals surface area contributed by atoms with Gasteiger partial charge in [-0.15, -0.1) is 0 Å². The number of benzene rings is 1. The second-order valence-corrected chi connectivity index (χ2v) is 10.6. The fourth-order valence-corrected chi connectivity index (χ4v) is 4.92. The van der Waals surface area contributed by atoms with E-state index in [-0.39, 0.29) is 23.7 Å². The maximum Gasteiger partial charge on any atom is 0.250 e. The molecule has 200 valence electrons. The van der Waals surface area contributed by atoms with Crippen LogP contribution in [0.2, 0.25) is 0 Å². The molecule has 3 saturated heterocycles. The smallest absolute Gasteiger partial charge is 0.250 e. The number of epoxide rings is 1. The van der Waals surface area contributed by atoms with E-state index in [2.05, 4.69) is 16.0 Å². The van der Waals surface area contributed by atoms with Crippen LogP contribution in [0.1, 0.15) is 70.4 Å². The summed E-state index contributed by atoms with van der Waals surface area (Å²) in [4.78, 5) is 66.8. The molecule has 0 spiro atoms. The molecule has 4 amide bonds. The molecule has 0 saturated carbocycles. The van der Waals surface area contributed by atoms with Crippen molar-refractivity contribution in [2.75, 3.05) is 13.2 Å². The van der Waals surface area contributed by atoms with Gasteiger partial charge in [-0.3, -0.25) is 24.0 Å². The molecule has 10 heteroatoms. The first-order chi connectivity index (χ1) is 17.7. The van der Waals surface area contributed by atoms with Crippen LogP contribution in [0.15, 0.2) is 30.3 Å². The first-order valence-corrected chi connectivity index (χ1v) is 13.1. The summed E-state index contributed by atoms with van der Waals surface area (Å²) < 4.78 is 5.01. The fourth-order valence-electron chi connectivity index (χ4n) is 4.92. The quantitative estimate of drug-likeness (QED) is 0.353. The molecular formula is C27H36N4O6. The summed E-state index contributed by atoms with van der Waals surface area (Å²) >= 11 is 0. The molecule has 4 unspecified atom stereocenters. The number of hydrogen-bond acceptors (Lipinski definition) is 6. The minimum atomic E-state index is -1.33. The summed E-state index contributed by atoms with van der Waals surface area (Å²) in [5.74, 6) is -1.57. The van der Waals surface area contributed by atoms with E-state index in [0.717, 1.165) is 6.42 Å². The van der Waals surface area contributed by atoms with Crippen molar-refractivity contribution in [3.05, 3.63) is 35.9 Å². The average Bonchev–Trinajstić information content (AvgIpc) is 3.61. The van der Waals surface area contributed by atoms with Gasteiger partial charge in [0.25, 0.3) is 0 Å². The molecule has 4 rings (SSSR count). The Kier molecular flexibility index (Phi) is 8.26. The van der Waals surface area contributed by atoms with Crippen LogP contribution >= 0.6 is 0 Å². The molecular weight excluding hydrogens is 476 g/mol. The molecule has 3 aliphatic rings.